The number of aliphatic hydroxyl groups is 4. The summed E-state index contributed by atoms with van der Waals surface area (Å²) < 4.78 is 18.2. The zero-order chi connectivity index (χ0) is 35.9. The Hall–Kier alpha value is -3.67. The Morgan fingerprint density at radius 2 is 1.46 bits per heavy atom. The molecule has 0 unspecified atom stereocenters. The van der Waals surface area contributed by atoms with Crippen molar-refractivity contribution in [3.63, 3.8) is 0 Å². The van der Waals surface area contributed by atoms with Gasteiger partial charge < -0.3 is 45.3 Å². The van der Waals surface area contributed by atoms with Crippen molar-refractivity contribution in [3.05, 3.63) is 104 Å². The average Bonchev–Trinajstić information content (AvgIpc) is 3.13. The maximum absolute atomic E-state index is 9.75. The van der Waals surface area contributed by atoms with E-state index < -0.39 is 12.2 Å². The minimum absolute atomic E-state index is 0.0754. The summed E-state index contributed by atoms with van der Waals surface area (Å²) >= 11 is 20.3. The third kappa shape index (κ3) is 11.4. The van der Waals surface area contributed by atoms with Crippen molar-refractivity contribution < 1.29 is 34.6 Å². The zero-order valence-corrected chi connectivity index (χ0v) is 29.4. The van der Waals surface area contributed by atoms with Crippen LogP contribution in [-0.4, -0.2) is 77.1 Å². The van der Waals surface area contributed by atoms with Crippen LogP contribution in [0.3, 0.4) is 0 Å². The first-order valence-electron chi connectivity index (χ1n) is 15.8. The fraction of sp³-hybridized carbons (Fsp3) is 0.333. The first kappa shape index (κ1) is 39.1. The van der Waals surface area contributed by atoms with Crippen LogP contribution < -0.4 is 24.8 Å². The molecule has 14 heteroatoms. The second kappa shape index (κ2) is 20.2. The first-order valence-corrected chi connectivity index (χ1v) is 17.0. The van der Waals surface area contributed by atoms with E-state index in [-0.39, 0.29) is 39.5 Å². The minimum Gasteiger partial charge on any atom is -0.492 e. The van der Waals surface area contributed by atoms with Crippen molar-refractivity contribution in [2.24, 2.45) is 0 Å². The maximum Gasteiger partial charge on any atom is 0.142 e. The molecule has 6 N–H and O–H groups in total. The highest BCUT2D eigenvalue weighted by Crippen LogP contribution is 2.40. The van der Waals surface area contributed by atoms with Gasteiger partial charge in [-0.2, -0.15) is 5.26 Å². The summed E-state index contributed by atoms with van der Waals surface area (Å²) in [5, 5.41) is 53.8. The van der Waals surface area contributed by atoms with Crippen LogP contribution in [0.4, 0.5) is 0 Å². The van der Waals surface area contributed by atoms with Gasteiger partial charge in [0, 0.05) is 65.9 Å². The van der Waals surface area contributed by atoms with Gasteiger partial charge in [0.2, 0.25) is 0 Å². The van der Waals surface area contributed by atoms with Gasteiger partial charge in [-0.3, -0.25) is 4.98 Å². The maximum atomic E-state index is 9.75. The summed E-state index contributed by atoms with van der Waals surface area (Å²) in [4.78, 5) is 4.09. The van der Waals surface area contributed by atoms with Crippen molar-refractivity contribution in [3.8, 4) is 34.4 Å². The summed E-state index contributed by atoms with van der Waals surface area (Å²) in [6, 6.07) is 18.1. The van der Waals surface area contributed by atoms with E-state index in [2.05, 4.69) is 21.7 Å². The molecule has 1 aromatic heterocycles. The smallest absolute Gasteiger partial charge is 0.142 e. The Kier molecular flexibility index (Phi) is 15.8. The number of nitriles is 1. The highest BCUT2D eigenvalue weighted by atomic mass is 35.5. The fourth-order valence-corrected chi connectivity index (χ4v) is 5.59. The third-order valence-electron chi connectivity index (χ3n) is 7.40. The molecule has 0 aliphatic carbocycles. The molecule has 50 heavy (non-hydrogen) atoms. The Balaban J connectivity index is 1.48. The SMILES string of the molecule is N#Cc1cncc(COc2cc(OCc3cccc(-c4cccc(OCCCNC[C@H](O)CO)c4Cl)c3Cl)c(Cl)cc2CNC[C@H](O)CO)c1. The Labute approximate surface area is 305 Å². The molecule has 11 nitrogen and oxygen atoms in total. The van der Waals surface area contributed by atoms with Crippen LogP contribution in [0.25, 0.3) is 11.1 Å². The quantitative estimate of drug-likeness (QED) is 0.0682. The summed E-state index contributed by atoms with van der Waals surface area (Å²) in [5.41, 5.74) is 3.85. The van der Waals surface area contributed by atoms with Crippen LogP contribution in [0.5, 0.6) is 17.2 Å². The van der Waals surface area contributed by atoms with Crippen molar-refractivity contribution in [1.29, 1.82) is 5.26 Å². The molecule has 0 amide bonds. The van der Waals surface area contributed by atoms with Crippen molar-refractivity contribution >= 4 is 34.8 Å². The molecule has 2 atom stereocenters. The number of halogens is 3. The Morgan fingerprint density at radius 1 is 0.760 bits per heavy atom. The van der Waals surface area contributed by atoms with Crippen LogP contribution >= 0.6 is 34.8 Å². The average molecular weight is 746 g/mol. The number of benzene rings is 3. The number of hydrogen-bond donors (Lipinski definition) is 6. The standard InChI is InChI=1S/C36H39Cl3N4O7/c37-31-11-26(16-43-18-28(47)20-45)33(49-21-24-10-23(13-40)14-42-15-24)12-34(31)50-22-25-4-1-5-29(35(25)38)30-6-2-7-32(36(30)39)48-9-3-8-41-17-27(46)19-44/h1-2,4-7,10-12,14-15,27-28,41,43-47H,3,8-9,16-22H2/t27-,28-/m0/s1. The molecule has 0 saturated carbocycles. The van der Waals surface area contributed by atoms with Gasteiger partial charge in [-0.1, -0.05) is 65.1 Å². The number of nitrogens with one attached hydrogen (secondary N) is 2. The molecule has 0 fully saturated rings. The lowest BCUT2D eigenvalue weighted by atomic mass is 10.0. The number of rotatable bonds is 20. The molecule has 0 radical (unpaired) electrons. The lowest BCUT2D eigenvalue weighted by molar-refractivity contribution is 0.0941. The van der Waals surface area contributed by atoms with E-state index >= 15 is 0 Å². The van der Waals surface area contributed by atoms with Crippen molar-refractivity contribution in [2.75, 3.05) is 39.5 Å². The van der Waals surface area contributed by atoms with E-state index in [4.69, 9.17) is 59.2 Å². The van der Waals surface area contributed by atoms with Gasteiger partial charge in [0.05, 0.1) is 52.7 Å². The molecule has 0 bridgehead atoms. The summed E-state index contributed by atoms with van der Waals surface area (Å²) in [5.74, 6) is 1.31. The highest BCUT2D eigenvalue weighted by molar-refractivity contribution is 6.37. The molecular formula is C36H39Cl3N4O7. The van der Waals surface area contributed by atoms with Crippen LogP contribution in [0.1, 0.15) is 28.7 Å². The Bertz CT molecular complexity index is 1740. The predicted molar refractivity (Wildman–Crippen MR) is 192 cm³/mol. The van der Waals surface area contributed by atoms with Crippen molar-refractivity contribution in [2.45, 2.75) is 38.4 Å². The van der Waals surface area contributed by atoms with Gasteiger partial charge >= 0.3 is 0 Å². The lowest BCUT2D eigenvalue weighted by Gasteiger charge is -2.18. The number of nitrogens with zero attached hydrogens (tertiary/aromatic N) is 2. The largest absolute Gasteiger partial charge is 0.492 e. The number of aromatic nitrogens is 1. The number of hydrogen-bond acceptors (Lipinski definition) is 11. The van der Waals surface area contributed by atoms with E-state index in [0.29, 0.717) is 91.8 Å². The normalized spacial score (nSPS) is 12.3. The molecule has 0 aliphatic heterocycles. The zero-order valence-electron chi connectivity index (χ0n) is 27.1. The van der Waals surface area contributed by atoms with E-state index in [0.717, 1.165) is 0 Å². The highest BCUT2D eigenvalue weighted by Gasteiger charge is 2.17. The van der Waals surface area contributed by atoms with Crippen LogP contribution in [0.15, 0.2) is 67.0 Å². The third-order valence-corrected chi connectivity index (χ3v) is 8.53. The molecule has 4 aromatic rings. The predicted octanol–water partition coefficient (Wildman–Crippen LogP) is 4.89. The monoisotopic (exact) mass is 744 g/mol. The fourth-order valence-electron chi connectivity index (χ4n) is 4.78. The molecule has 1 heterocycles. The van der Waals surface area contributed by atoms with Crippen molar-refractivity contribution in [1.82, 2.24) is 15.6 Å². The van der Waals surface area contributed by atoms with E-state index in [1.54, 1.807) is 30.5 Å². The molecule has 0 aliphatic rings. The molecule has 0 saturated heterocycles. The topological polar surface area (TPSA) is 169 Å². The van der Waals surface area contributed by atoms with Crippen LogP contribution in [-0.2, 0) is 19.8 Å². The molecular weight excluding hydrogens is 707 g/mol. The number of ether oxygens (including phenoxy) is 3. The van der Waals surface area contributed by atoms with E-state index in [9.17, 15) is 15.5 Å². The number of aliphatic hydroxyl groups excluding tert-OH is 4. The van der Waals surface area contributed by atoms with E-state index in [1.807, 2.05) is 30.3 Å². The van der Waals surface area contributed by atoms with Gasteiger partial charge in [-0.25, -0.2) is 0 Å². The summed E-state index contributed by atoms with van der Waals surface area (Å²) in [6.07, 6.45) is 2.02. The van der Waals surface area contributed by atoms with Gasteiger partial charge in [0.15, 0.2) is 0 Å². The van der Waals surface area contributed by atoms with Gasteiger partial charge in [-0.15, -0.1) is 0 Å². The second-order valence-corrected chi connectivity index (χ2v) is 12.4. The lowest BCUT2D eigenvalue weighted by Crippen LogP contribution is -2.30. The molecule has 4 rings (SSSR count). The summed E-state index contributed by atoms with van der Waals surface area (Å²) in [6.45, 7) is 1.25. The van der Waals surface area contributed by atoms with Gasteiger partial charge in [0.25, 0.3) is 0 Å². The molecule has 0 spiro atoms. The van der Waals surface area contributed by atoms with E-state index in [1.165, 1.54) is 6.20 Å². The van der Waals surface area contributed by atoms with Crippen LogP contribution in [0.2, 0.25) is 15.1 Å². The Morgan fingerprint density at radius 3 is 2.20 bits per heavy atom. The van der Waals surface area contributed by atoms with Gasteiger partial charge in [-0.05, 0) is 31.2 Å². The molecule has 3 aromatic carbocycles. The first-order chi connectivity index (χ1) is 24.2. The number of pyridine rings is 1. The second-order valence-electron chi connectivity index (χ2n) is 11.3. The molecule has 266 valence electrons. The summed E-state index contributed by atoms with van der Waals surface area (Å²) in [7, 11) is 0. The van der Waals surface area contributed by atoms with Crippen LogP contribution in [0, 0.1) is 11.3 Å². The minimum atomic E-state index is -0.921. The van der Waals surface area contributed by atoms with Gasteiger partial charge in [0.1, 0.15) is 36.5 Å².